The van der Waals surface area contributed by atoms with Crippen LogP contribution in [0.25, 0.3) is 33.1 Å². The highest BCUT2D eigenvalue weighted by atomic mass is 16.5. The number of nitrogens with one attached hydrogen (secondary N) is 2. The lowest BCUT2D eigenvalue weighted by atomic mass is 10.0. The van der Waals surface area contributed by atoms with Gasteiger partial charge in [-0.2, -0.15) is 0 Å². The summed E-state index contributed by atoms with van der Waals surface area (Å²) in [4.78, 5) is 21.1. The fourth-order valence-corrected chi connectivity index (χ4v) is 4.76. The van der Waals surface area contributed by atoms with Gasteiger partial charge in [-0.1, -0.05) is 18.2 Å². The average Bonchev–Trinajstić information content (AvgIpc) is 3.35. The Morgan fingerprint density at radius 2 is 1.57 bits per heavy atom. The second kappa shape index (κ2) is 10.9. The van der Waals surface area contributed by atoms with Crippen LogP contribution >= 0.6 is 0 Å². The first-order chi connectivity index (χ1) is 19.3. The summed E-state index contributed by atoms with van der Waals surface area (Å²) < 4.78 is 16.6. The normalized spacial score (nSPS) is 11.1. The molecule has 0 unspecified atom stereocenters. The number of benzene rings is 3. The van der Waals surface area contributed by atoms with Crippen LogP contribution in [0, 0.1) is 0 Å². The van der Waals surface area contributed by atoms with Gasteiger partial charge in [0.1, 0.15) is 0 Å². The number of aromatic hydroxyl groups is 3. The predicted octanol–water partition coefficient (Wildman–Crippen LogP) is 4.77. The van der Waals surface area contributed by atoms with E-state index in [1.165, 1.54) is 12.1 Å². The van der Waals surface area contributed by atoms with Gasteiger partial charge in [-0.3, -0.25) is 4.79 Å². The quantitative estimate of drug-likeness (QED) is 0.167. The van der Waals surface area contributed by atoms with Gasteiger partial charge >= 0.3 is 0 Å². The SMILES string of the molecule is COc1cc(-c2nc(CNC(=O)CCc3cc(O)c(O)c(O)c3)cc3c2[nH]c2ccccc23)cc(OC)c1OC. The molecule has 0 spiro atoms. The number of nitrogens with zero attached hydrogens (tertiary/aromatic N) is 1. The zero-order valence-corrected chi connectivity index (χ0v) is 22.2. The third-order valence-electron chi connectivity index (χ3n) is 6.72. The number of amides is 1. The van der Waals surface area contributed by atoms with Gasteiger partial charge in [-0.25, -0.2) is 4.98 Å². The molecule has 2 aromatic heterocycles. The number of fused-ring (bicyclic) bond motifs is 3. The Balaban J connectivity index is 1.47. The average molecular weight is 544 g/mol. The van der Waals surface area contributed by atoms with Crippen molar-refractivity contribution in [2.75, 3.05) is 21.3 Å². The number of aromatic nitrogens is 2. The Labute approximate surface area is 229 Å². The van der Waals surface area contributed by atoms with E-state index in [0.29, 0.717) is 34.2 Å². The number of aromatic amines is 1. The number of H-pyrrole nitrogens is 1. The van der Waals surface area contributed by atoms with Gasteiger partial charge in [-0.15, -0.1) is 0 Å². The number of ether oxygens (including phenoxy) is 3. The molecule has 206 valence electrons. The molecule has 0 aliphatic heterocycles. The monoisotopic (exact) mass is 543 g/mol. The summed E-state index contributed by atoms with van der Waals surface area (Å²) in [6, 6.07) is 16.2. The lowest BCUT2D eigenvalue weighted by molar-refractivity contribution is -0.121. The topological polar surface area (TPSA) is 146 Å². The van der Waals surface area contributed by atoms with Crippen LogP contribution in [0.15, 0.2) is 54.6 Å². The van der Waals surface area contributed by atoms with Crippen molar-refractivity contribution in [1.29, 1.82) is 0 Å². The maximum Gasteiger partial charge on any atom is 0.220 e. The molecule has 0 bridgehead atoms. The van der Waals surface area contributed by atoms with E-state index in [9.17, 15) is 20.1 Å². The summed E-state index contributed by atoms with van der Waals surface area (Å²) >= 11 is 0. The molecule has 0 saturated carbocycles. The van der Waals surface area contributed by atoms with Gasteiger partial charge in [0, 0.05) is 28.3 Å². The molecule has 0 aliphatic rings. The Bertz CT molecular complexity index is 1680. The predicted molar refractivity (Wildman–Crippen MR) is 150 cm³/mol. The number of pyridine rings is 1. The third kappa shape index (κ3) is 4.98. The molecule has 10 heteroatoms. The Kier molecular flexibility index (Phi) is 7.24. The smallest absolute Gasteiger partial charge is 0.220 e. The highest BCUT2D eigenvalue weighted by molar-refractivity contribution is 6.11. The van der Waals surface area contributed by atoms with Gasteiger partial charge in [0.25, 0.3) is 0 Å². The molecule has 0 saturated heterocycles. The number of aryl methyl sites for hydroxylation is 1. The lowest BCUT2D eigenvalue weighted by Crippen LogP contribution is -2.23. The number of rotatable bonds is 9. The minimum Gasteiger partial charge on any atom is -0.504 e. The van der Waals surface area contributed by atoms with Gasteiger partial charge in [0.2, 0.25) is 11.7 Å². The van der Waals surface area contributed by atoms with Crippen LogP contribution in [-0.4, -0.2) is 52.5 Å². The number of hydrogen-bond acceptors (Lipinski definition) is 8. The summed E-state index contributed by atoms with van der Waals surface area (Å²) in [5.41, 5.74) is 4.35. The Hall–Kier alpha value is -5.12. The van der Waals surface area contributed by atoms with E-state index in [2.05, 4.69) is 10.3 Å². The maximum atomic E-state index is 12.7. The number of methoxy groups -OCH3 is 3. The standard InChI is InChI=1S/C30H29N3O7/c1-38-24-12-17(13-25(39-2)30(24)40-3)27-28-20(19-6-4-5-7-21(19)33-28)14-18(32-27)15-31-26(36)9-8-16-10-22(34)29(37)23(35)11-16/h4-7,10-14,33-35,37H,8-9,15H2,1-3H3,(H,31,36). The van der Waals surface area contributed by atoms with Crippen molar-refractivity contribution in [2.24, 2.45) is 0 Å². The molecule has 3 aromatic carbocycles. The Morgan fingerprint density at radius 1 is 0.900 bits per heavy atom. The highest BCUT2D eigenvalue weighted by Gasteiger charge is 2.19. The zero-order chi connectivity index (χ0) is 28.4. The fourth-order valence-electron chi connectivity index (χ4n) is 4.76. The second-order valence-electron chi connectivity index (χ2n) is 9.23. The second-order valence-corrected chi connectivity index (χ2v) is 9.23. The zero-order valence-electron chi connectivity index (χ0n) is 22.2. The van der Waals surface area contributed by atoms with Crippen LogP contribution < -0.4 is 19.5 Å². The molecule has 0 aliphatic carbocycles. The van der Waals surface area contributed by atoms with Gasteiger partial charge in [0.05, 0.1) is 44.8 Å². The number of phenols is 3. The number of carbonyl (C=O) groups is 1. The molecule has 0 radical (unpaired) electrons. The van der Waals surface area contributed by atoms with Crippen molar-refractivity contribution in [3.8, 4) is 45.8 Å². The summed E-state index contributed by atoms with van der Waals surface area (Å²) in [7, 11) is 4.66. The van der Waals surface area contributed by atoms with Crippen LogP contribution in [0.1, 0.15) is 17.7 Å². The van der Waals surface area contributed by atoms with Gasteiger partial charge in [-0.05, 0) is 48.4 Å². The molecule has 5 N–H and O–H groups in total. The van der Waals surface area contributed by atoms with Crippen molar-refractivity contribution in [2.45, 2.75) is 19.4 Å². The van der Waals surface area contributed by atoms with E-state index in [0.717, 1.165) is 27.4 Å². The first kappa shape index (κ1) is 26.5. The van der Waals surface area contributed by atoms with Crippen molar-refractivity contribution in [1.82, 2.24) is 15.3 Å². The highest BCUT2D eigenvalue weighted by Crippen LogP contribution is 2.43. The third-order valence-corrected chi connectivity index (χ3v) is 6.72. The molecule has 5 aromatic rings. The molecule has 0 fully saturated rings. The summed E-state index contributed by atoms with van der Waals surface area (Å²) in [6.45, 7) is 0.178. The first-order valence-electron chi connectivity index (χ1n) is 12.5. The molecular formula is C30H29N3O7. The van der Waals surface area contributed by atoms with E-state index >= 15 is 0 Å². The number of hydrogen-bond donors (Lipinski definition) is 5. The number of para-hydroxylation sites is 1. The van der Waals surface area contributed by atoms with Crippen molar-refractivity contribution in [3.63, 3.8) is 0 Å². The molecule has 1 amide bonds. The minimum atomic E-state index is -0.588. The van der Waals surface area contributed by atoms with Crippen LogP contribution in [0.5, 0.6) is 34.5 Å². The summed E-state index contributed by atoms with van der Waals surface area (Å²) in [6.07, 6.45) is 0.373. The van der Waals surface area contributed by atoms with Crippen LogP contribution in [-0.2, 0) is 17.8 Å². The van der Waals surface area contributed by atoms with E-state index < -0.39 is 17.2 Å². The van der Waals surface area contributed by atoms with E-state index in [4.69, 9.17) is 19.2 Å². The molecule has 2 heterocycles. The van der Waals surface area contributed by atoms with Crippen molar-refractivity contribution >= 4 is 27.7 Å². The first-order valence-corrected chi connectivity index (χ1v) is 12.5. The van der Waals surface area contributed by atoms with E-state index in [1.54, 1.807) is 21.3 Å². The maximum absolute atomic E-state index is 12.7. The fraction of sp³-hybridized carbons (Fsp3) is 0.200. The molecule has 5 rings (SSSR count). The Morgan fingerprint density at radius 3 is 2.23 bits per heavy atom. The lowest BCUT2D eigenvalue weighted by Gasteiger charge is -2.15. The molecular weight excluding hydrogens is 514 g/mol. The summed E-state index contributed by atoms with van der Waals surface area (Å²) in [5, 5.41) is 33.8. The van der Waals surface area contributed by atoms with Crippen molar-refractivity contribution < 1.29 is 34.3 Å². The molecule has 40 heavy (non-hydrogen) atoms. The molecule has 10 nitrogen and oxygen atoms in total. The molecule has 0 atom stereocenters. The number of carbonyl (C=O) groups excluding carboxylic acids is 1. The van der Waals surface area contributed by atoms with Crippen LogP contribution in [0.2, 0.25) is 0 Å². The van der Waals surface area contributed by atoms with Gasteiger partial charge in [0.15, 0.2) is 28.7 Å². The number of phenolic OH excluding ortho intramolecular Hbond substituents is 3. The largest absolute Gasteiger partial charge is 0.504 e. The van der Waals surface area contributed by atoms with Crippen LogP contribution in [0.3, 0.4) is 0 Å². The van der Waals surface area contributed by atoms with E-state index in [1.807, 2.05) is 42.5 Å². The summed E-state index contributed by atoms with van der Waals surface area (Å²) in [5.74, 6) is -0.241. The van der Waals surface area contributed by atoms with Crippen molar-refractivity contribution in [3.05, 3.63) is 65.9 Å². The van der Waals surface area contributed by atoms with E-state index in [-0.39, 0.29) is 25.3 Å². The minimum absolute atomic E-state index is 0.110. The van der Waals surface area contributed by atoms with Crippen LogP contribution in [0.4, 0.5) is 0 Å². The van der Waals surface area contributed by atoms with Gasteiger partial charge < -0.3 is 39.8 Å².